The van der Waals surface area contributed by atoms with Crippen molar-refractivity contribution in [2.45, 2.75) is 45.0 Å². The summed E-state index contributed by atoms with van der Waals surface area (Å²) in [7, 11) is 0. The summed E-state index contributed by atoms with van der Waals surface area (Å²) < 4.78 is 20.3. The molecule has 0 aliphatic carbocycles. The SMILES string of the molecule is CC(C)(C)c1ccc(CC2=C(c3ccc4nsnc4c3)C(=O)OC2(O)c2ccc(OCc3ccccc3)cc2)cc1. The number of rotatable bonds is 7. The van der Waals surface area contributed by atoms with Gasteiger partial charge in [-0.3, -0.25) is 0 Å². The highest BCUT2D eigenvalue weighted by Crippen LogP contribution is 2.45. The van der Waals surface area contributed by atoms with Crippen molar-refractivity contribution in [2.24, 2.45) is 0 Å². The third-order valence-electron chi connectivity index (χ3n) is 7.39. The molecule has 1 aromatic heterocycles. The Hall–Kier alpha value is -4.33. The van der Waals surface area contributed by atoms with E-state index in [0.717, 1.165) is 28.4 Å². The summed E-state index contributed by atoms with van der Waals surface area (Å²) in [5.74, 6) is -1.88. The molecule has 1 unspecified atom stereocenters. The Morgan fingerprint density at radius 2 is 1.56 bits per heavy atom. The van der Waals surface area contributed by atoms with Gasteiger partial charge in [0, 0.05) is 17.6 Å². The molecule has 0 fully saturated rings. The van der Waals surface area contributed by atoms with Gasteiger partial charge in [-0.2, -0.15) is 8.75 Å². The van der Waals surface area contributed by atoms with Gasteiger partial charge in [-0.1, -0.05) is 81.4 Å². The Morgan fingerprint density at radius 1 is 0.854 bits per heavy atom. The summed E-state index contributed by atoms with van der Waals surface area (Å²) >= 11 is 1.12. The van der Waals surface area contributed by atoms with Gasteiger partial charge in [0.15, 0.2) is 0 Å². The van der Waals surface area contributed by atoms with Crippen LogP contribution in [0.3, 0.4) is 0 Å². The van der Waals surface area contributed by atoms with Crippen molar-refractivity contribution in [3.8, 4) is 5.75 Å². The average molecular weight is 563 g/mol. The van der Waals surface area contributed by atoms with Gasteiger partial charge in [0.1, 0.15) is 23.4 Å². The van der Waals surface area contributed by atoms with Gasteiger partial charge in [0.05, 0.1) is 17.3 Å². The Morgan fingerprint density at radius 3 is 2.27 bits per heavy atom. The number of ether oxygens (including phenoxy) is 2. The maximum Gasteiger partial charge on any atom is 0.342 e. The molecule has 0 radical (unpaired) electrons. The predicted molar refractivity (Wildman–Crippen MR) is 160 cm³/mol. The van der Waals surface area contributed by atoms with Crippen LogP contribution in [0.25, 0.3) is 16.6 Å². The Balaban J connectivity index is 1.38. The molecule has 2 heterocycles. The molecule has 1 N–H and O–H groups in total. The molecule has 0 saturated heterocycles. The lowest BCUT2D eigenvalue weighted by atomic mass is 9.84. The first-order chi connectivity index (χ1) is 19.7. The summed E-state index contributed by atoms with van der Waals surface area (Å²) in [6.45, 7) is 6.93. The largest absolute Gasteiger partial charge is 0.489 e. The standard InChI is InChI=1S/C34H30N2O4S/c1-33(2,3)25-12-9-22(10-13-25)19-28-31(24-11-18-29-30(20-24)36-41-35-29)32(37)40-34(28,38)26-14-16-27(17-15-26)39-21-23-7-5-4-6-8-23/h4-18,20,38H,19,21H2,1-3H3. The van der Waals surface area contributed by atoms with E-state index in [0.29, 0.717) is 46.6 Å². The number of esters is 1. The molecule has 0 bridgehead atoms. The van der Waals surface area contributed by atoms with Crippen LogP contribution in [0, 0.1) is 0 Å². The molecule has 41 heavy (non-hydrogen) atoms. The molecule has 6 rings (SSSR count). The lowest BCUT2D eigenvalue weighted by molar-refractivity contribution is -0.185. The normalized spacial score (nSPS) is 17.2. The Bertz CT molecular complexity index is 1740. The maximum atomic E-state index is 13.5. The zero-order valence-electron chi connectivity index (χ0n) is 23.1. The van der Waals surface area contributed by atoms with Gasteiger partial charge < -0.3 is 14.6 Å². The maximum absolute atomic E-state index is 13.5. The highest BCUT2D eigenvalue weighted by Gasteiger charge is 2.48. The fourth-order valence-corrected chi connectivity index (χ4v) is 5.57. The second kappa shape index (κ2) is 10.6. The van der Waals surface area contributed by atoms with Gasteiger partial charge in [-0.25, -0.2) is 4.79 Å². The molecular formula is C34H30N2O4S. The van der Waals surface area contributed by atoms with E-state index in [1.54, 1.807) is 24.3 Å². The highest BCUT2D eigenvalue weighted by atomic mass is 32.1. The summed E-state index contributed by atoms with van der Waals surface area (Å²) in [5.41, 5.74) is 6.58. The number of hydrogen-bond acceptors (Lipinski definition) is 7. The lowest BCUT2D eigenvalue weighted by Gasteiger charge is -2.26. The molecule has 1 aliphatic heterocycles. The van der Waals surface area contributed by atoms with E-state index in [4.69, 9.17) is 9.47 Å². The number of aliphatic hydroxyl groups is 1. The van der Waals surface area contributed by atoms with Crippen LogP contribution in [-0.2, 0) is 33.8 Å². The summed E-state index contributed by atoms with van der Waals surface area (Å²) in [6, 6.07) is 30.7. The van der Waals surface area contributed by atoms with Crippen LogP contribution in [0.4, 0.5) is 0 Å². The van der Waals surface area contributed by atoms with Crippen LogP contribution in [0.2, 0.25) is 0 Å². The van der Waals surface area contributed by atoms with Crippen LogP contribution >= 0.6 is 11.7 Å². The zero-order chi connectivity index (χ0) is 28.6. The second-order valence-corrected chi connectivity index (χ2v) is 11.8. The van der Waals surface area contributed by atoms with E-state index < -0.39 is 11.8 Å². The molecule has 1 atom stereocenters. The third-order valence-corrected chi connectivity index (χ3v) is 7.95. The molecule has 1 aliphatic rings. The smallest absolute Gasteiger partial charge is 0.342 e. The molecular weight excluding hydrogens is 532 g/mol. The third kappa shape index (κ3) is 5.38. The van der Waals surface area contributed by atoms with E-state index in [9.17, 15) is 9.90 Å². The zero-order valence-corrected chi connectivity index (χ0v) is 23.9. The van der Waals surface area contributed by atoms with Crippen molar-refractivity contribution in [3.05, 3.63) is 130 Å². The van der Waals surface area contributed by atoms with E-state index in [1.165, 1.54) is 5.56 Å². The monoisotopic (exact) mass is 562 g/mol. The summed E-state index contributed by atoms with van der Waals surface area (Å²) in [6.07, 6.45) is 0.321. The van der Waals surface area contributed by atoms with E-state index in [-0.39, 0.29) is 5.41 Å². The summed E-state index contributed by atoms with van der Waals surface area (Å²) in [4.78, 5) is 13.5. The van der Waals surface area contributed by atoms with Crippen molar-refractivity contribution >= 4 is 34.3 Å². The number of carbonyl (C=O) groups excluding carboxylic acids is 1. The quantitative estimate of drug-likeness (QED) is 0.216. The second-order valence-electron chi connectivity index (χ2n) is 11.3. The van der Waals surface area contributed by atoms with Gasteiger partial charge >= 0.3 is 5.97 Å². The van der Waals surface area contributed by atoms with Crippen LogP contribution in [0.15, 0.2) is 103 Å². The lowest BCUT2D eigenvalue weighted by Crippen LogP contribution is -2.29. The summed E-state index contributed by atoms with van der Waals surface area (Å²) in [5, 5.41) is 12.1. The van der Waals surface area contributed by atoms with Gasteiger partial charge in [0.2, 0.25) is 0 Å². The predicted octanol–water partition coefficient (Wildman–Crippen LogP) is 6.97. The minimum Gasteiger partial charge on any atom is -0.489 e. The molecule has 4 aromatic carbocycles. The Kier molecular flexibility index (Phi) is 6.93. The van der Waals surface area contributed by atoms with E-state index >= 15 is 0 Å². The van der Waals surface area contributed by atoms with E-state index in [2.05, 4.69) is 41.7 Å². The highest BCUT2D eigenvalue weighted by molar-refractivity contribution is 7.00. The molecule has 0 amide bonds. The van der Waals surface area contributed by atoms with Crippen molar-refractivity contribution in [1.29, 1.82) is 0 Å². The van der Waals surface area contributed by atoms with Gasteiger partial charge in [-0.05, 0) is 64.1 Å². The molecule has 0 saturated carbocycles. The van der Waals surface area contributed by atoms with Crippen LogP contribution < -0.4 is 4.74 Å². The number of nitrogens with zero attached hydrogens (tertiary/aromatic N) is 2. The van der Waals surface area contributed by atoms with Crippen molar-refractivity contribution in [3.63, 3.8) is 0 Å². The Labute approximate surface area is 243 Å². The topological polar surface area (TPSA) is 81.5 Å². The minimum atomic E-state index is -1.94. The average Bonchev–Trinajstić information content (AvgIpc) is 3.54. The first-order valence-corrected chi connectivity index (χ1v) is 14.2. The number of hydrogen-bond donors (Lipinski definition) is 1. The first kappa shape index (κ1) is 26.9. The van der Waals surface area contributed by atoms with Crippen LogP contribution in [0.5, 0.6) is 5.75 Å². The number of fused-ring (bicyclic) bond motifs is 1. The van der Waals surface area contributed by atoms with Crippen molar-refractivity contribution in [1.82, 2.24) is 8.75 Å². The molecule has 0 spiro atoms. The van der Waals surface area contributed by atoms with Gasteiger partial charge in [0.25, 0.3) is 5.79 Å². The molecule has 7 heteroatoms. The number of carbonyl (C=O) groups is 1. The minimum absolute atomic E-state index is 0.0113. The number of benzene rings is 4. The fourth-order valence-electron chi connectivity index (χ4n) is 5.06. The molecule has 5 aromatic rings. The first-order valence-electron chi connectivity index (χ1n) is 13.5. The van der Waals surface area contributed by atoms with Crippen LogP contribution in [-0.4, -0.2) is 19.8 Å². The fraction of sp³-hybridized carbons (Fsp3) is 0.206. The molecule has 206 valence electrons. The molecule has 6 nitrogen and oxygen atoms in total. The number of cyclic esters (lactones) is 1. The van der Waals surface area contributed by atoms with E-state index in [1.807, 2.05) is 60.7 Å². The van der Waals surface area contributed by atoms with Crippen molar-refractivity contribution < 1.29 is 19.4 Å². The number of aromatic nitrogens is 2. The van der Waals surface area contributed by atoms with Crippen LogP contribution in [0.1, 0.15) is 48.6 Å². The van der Waals surface area contributed by atoms with Gasteiger partial charge in [-0.15, -0.1) is 0 Å². The van der Waals surface area contributed by atoms with Crippen molar-refractivity contribution in [2.75, 3.05) is 0 Å².